The molecule has 0 atom stereocenters. The van der Waals surface area contributed by atoms with Crippen molar-refractivity contribution >= 4 is 34.5 Å². The van der Waals surface area contributed by atoms with Crippen LogP contribution in [0, 0.1) is 17.0 Å². The number of rotatable bonds is 5. The van der Waals surface area contributed by atoms with Gasteiger partial charge in [-0.2, -0.15) is 0 Å². The van der Waals surface area contributed by atoms with Gasteiger partial charge in [0.1, 0.15) is 0 Å². The van der Waals surface area contributed by atoms with E-state index in [9.17, 15) is 19.7 Å². The van der Waals surface area contributed by atoms with E-state index >= 15 is 0 Å². The highest BCUT2D eigenvalue weighted by atomic mass is 32.1. The van der Waals surface area contributed by atoms with Crippen molar-refractivity contribution in [3.05, 3.63) is 56.3 Å². The highest BCUT2D eigenvalue weighted by Crippen LogP contribution is 2.41. The van der Waals surface area contributed by atoms with Crippen LogP contribution in [-0.2, 0) is 15.0 Å². The molecule has 0 radical (unpaired) electrons. The summed E-state index contributed by atoms with van der Waals surface area (Å²) in [5.74, 6) is -1.55. The Bertz CT molecular complexity index is 874. The zero-order valence-corrected chi connectivity index (χ0v) is 16.5. The number of nitrogens with zero attached hydrogens (tertiary/aromatic N) is 1. The van der Waals surface area contributed by atoms with Gasteiger partial charge >= 0.3 is 11.8 Å². The third kappa shape index (κ3) is 4.39. The highest BCUT2D eigenvalue weighted by Gasteiger charge is 2.35. The third-order valence-electron chi connectivity index (χ3n) is 5.33. The van der Waals surface area contributed by atoms with E-state index in [-0.39, 0.29) is 16.8 Å². The van der Waals surface area contributed by atoms with E-state index < -0.39 is 16.7 Å². The van der Waals surface area contributed by atoms with Gasteiger partial charge in [0.25, 0.3) is 5.69 Å². The number of anilines is 1. The van der Waals surface area contributed by atoms with Crippen molar-refractivity contribution in [3.8, 4) is 0 Å². The molecule has 28 heavy (non-hydrogen) atoms. The molecule has 1 aliphatic carbocycles. The largest absolute Gasteiger partial charge is 0.347 e. The van der Waals surface area contributed by atoms with Gasteiger partial charge < -0.3 is 10.6 Å². The minimum absolute atomic E-state index is 0.121. The Balaban J connectivity index is 1.66. The lowest BCUT2D eigenvalue weighted by molar-refractivity contribution is -0.384. The normalized spacial score (nSPS) is 15.6. The summed E-state index contributed by atoms with van der Waals surface area (Å²) in [6, 6.07) is 8.26. The van der Waals surface area contributed by atoms with Crippen LogP contribution in [0.25, 0.3) is 0 Å². The van der Waals surface area contributed by atoms with Crippen LogP contribution >= 0.6 is 11.3 Å². The van der Waals surface area contributed by atoms with Crippen LogP contribution in [0.5, 0.6) is 0 Å². The molecule has 1 saturated carbocycles. The Labute approximate surface area is 167 Å². The summed E-state index contributed by atoms with van der Waals surface area (Å²) in [5.41, 5.74) is 0.651. The van der Waals surface area contributed by atoms with E-state index in [1.807, 2.05) is 11.4 Å². The average Bonchev–Trinajstić information content (AvgIpc) is 3.24. The number of amides is 2. The quantitative estimate of drug-likeness (QED) is 0.450. The molecule has 2 N–H and O–H groups in total. The predicted molar refractivity (Wildman–Crippen MR) is 109 cm³/mol. The molecule has 3 rings (SSSR count). The standard InChI is InChI=1S/C20H23N3O4S/c1-14-7-8-15(23(26)27)12-16(14)22-19(25)18(24)21-13-20(9-3-2-4-10-20)17-6-5-11-28-17/h5-8,11-12H,2-4,9-10,13H2,1H3,(H,21,24)(H,22,25). The van der Waals surface area contributed by atoms with Gasteiger partial charge in [-0.3, -0.25) is 19.7 Å². The monoisotopic (exact) mass is 401 g/mol. The van der Waals surface area contributed by atoms with Gasteiger partial charge in [-0.1, -0.05) is 31.4 Å². The Morgan fingerprint density at radius 2 is 1.93 bits per heavy atom. The summed E-state index contributed by atoms with van der Waals surface area (Å²) < 4.78 is 0. The molecular formula is C20H23N3O4S. The van der Waals surface area contributed by atoms with Crippen LogP contribution < -0.4 is 10.6 Å². The van der Waals surface area contributed by atoms with E-state index in [4.69, 9.17) is 0 Å². The minimum atomic E-state index is -0.819. The average molecular weight is 401 g/mol. The number of thiophene rings is 1. The van der Waals surface area contributed by atoms with Crippen LogP contribution in [0.3, 0.4) is 0 Å². The molecule has 2 amide bonds. The molecule has 1 aliphatic rings. The van der Waals surface area contributed by atoms with Crippen LogP contribution in [0.2, 0.25) is 0 Å². The second-order valence-corrected chi connectivity index (χ2v) is 8.16. The first-order chi connectivity index (χ1) is 13.4. The second kappa shape index (κ2) is 8.52. The lowest BCUT2D eigenvalue weighted by atomic mass is 9.73. The van der Waals surface area contributed by atoms with E-state index in [1.54, 1.807) is 24.3 Å². The van der Waals surface area contributed by atoms with Gasteiger partial charge in [-0.25, -0.2) is 0 Å². The molecule has 8 heteroatoms. The Morgan fingerprint density at radius 3 is 2.57 bits per heavy atom. The Hall–Kier alpha value is -2.74. The lowest BCUT2D eigenvalue weighted by Gasteiger charge is -2.36. The fraction of sp³-hybridized carbons (Fsp3) is 0.400. The fourth-order valence-electron chi connectivity index (χ4n) is 3.69. The van der Waals surface area contributed by atoms with Crippen LogP contribution in [-0.4, -0.2) is 23.3 Å². The molecule has 0 aliphatic heterocycles. The summed E-state index contributed by atoms with van der Waals surface area (Å²) >= 11 is 1.68. The van der Waals surface area contributed by atoms with E-state index in [0.29, 0.717) is 12.1 Å². The number of carbonyl (C=O) groups is 2. The smallest absolute Gasteiger partial charge is 0.313 e. The number of benzene rings is 1. The number of nitro groups is 1. The molecule has 1 fully saturated rings. The number of aryl methyl sites for hydroxylation is 1. The molecule has 0 spiro atoms. The van der Waals surface area contributed by atoms with Crippen molar-refractivity contribution in [2.75, 3.05) is 11.9 Å². The molecule has 1 aromatic heterocycles. The van der Waals surface area contributed by atoms with Crippen LogP contribution in [0.1, 0.15) is 42.5 Å². The summed E-state index contributed by atoms with van der Waals surface area (Å²) in [6.45, 7) is 2.12. The van der Waals surface area contributed by atoms with Crippen molar-refractivity contribution in [3.63, 3.8) is 0 Å². The molecule has 1 aromatic carbocycles. The maximum absolute atomic E-state index is 12.4. The zero-order valence-electron chi connectivity index (χ0n) is 15.7. The fourth-order valence-corrected chi connectivity index (χ4v) is 4.67. The summed E-state index contributed by atoms with van der Waals surface area (Å²) in [7, 11) is 0. The molecule has 0 unspecified atom stereocenters. The van der Waals surface area contributed by atoms with Gasteiger partial charge in [0.2, 0.25) is 0 Å². The second-order valence-electron chi connectivity index (χ2n) is 7.21. The molecular weight excluding hydrogens is 378 g/mol. The molecule has 0 bridgehead atoms. The first kappa shape index (κ1) is 20.0. The molecule has 0 saturated heterocycles. The molecule has 2 aromatic rings. The first-order valence-electron chi connectivity index (χ1n) is 9.29. The van der Waals surface area contributed by atoms with Crippen molar-refractivity contribution in [2.45, 2.75) is 44.4 Å². The minimum Gasteiger partial charge on any atom is -0.347 e. The van der Waals surface area contributed by atoms with Crippen LogP contribution in [0.15, 0.2) is 35.7 Å². The summed E-state index contributed by atoms with van der Waals surface area (Å²) in [5, 5.41) is 18.2. The molecule has 7 nitrogen and oxygen atoms in total. The van der Waals surface area contributed by atoms with E-state index in [1.165, 1.54) is 23.4 Å². The van der Waals surface area contributed by atoms with Crippen molar-refractivity contribution < 1.29 is 14.5 Å². The van der Waals surface area contributed by atoms with E-state index in [0.717, 1.165) is 25.7 Å². The number of hydrogen-bond donors (Lipinski definition) is 2. The SMILES string of the molecule is Cc1ccc([N+](=O)[O-])cc1NC(=O)C(=O)NCC1(c2cccs2)CCCCC1. The van der Waals surface area contributed by atoms with Crippen molar-refractivity contribution in [1.82, 2.24) is 5.32 Å². The highest BCUT2D eigenvalue weighted by molar-refractivity contribution is 7.10. The topological polar surface area (TPSA) is 101 Å². The number of hydrogen-bond acceptors (Lipinski definition) is 5. The van der Waals surface area contributed by atoms with Crippen molar-refractivity contribution in [1.29, 1.82) is 0 Å². The molecule has 1 heterocycles. The Morgan fingerprint density at radius 1 is 1.18 bits per heavy atom. The van der Waals surface area contributed by atoms with Crippen molar-refractivity contribution in [2.24, 2.45) is 0 Å². The molecule has 148 valence electrons. The van der Waals surface area contributed by atoms with Gasteiger partial charge in [0.15, 0.2) is 0 Å². The summed E-state index contributed by atoms with van der Waals surface area (Å²) in [4.78, 5) is 36.3. The van der Waals surface area contributed by atoms with Gasteiger partial charge in [-0.15, -0.1) is 11.3 Å². The van der Waals surface area contributed by atoms with Gasteiger partial charge in [-0.05, 0) is 36.8 Å². The van der Waals surface area contributed by atoms with Gasteiger partial charge in [0.05, 0.1) is 10.6 Å². The first-order valence-corrected chi connectivity index (χ1v) is 10.2. The van der Waals surface area contributed by atoms with Crippen LogP contribution in [0.4, 0.5) is 11.4 Å². The maximum Gasteiger partial charge on any atom is 0.313 e. The van der Waals surface area contributed by atoms with E-state index in [2.05, 4.69) is 16.7 Å². The summed E-state index contributed by atoms with van der Waals surface area (Å²) in [6.07, 6.45) is 5.37. The van der Waals surface area contributed by atoms with Gasteiger partial charge in [0, 0.05) is 29.0 Å². The third-order valence-corrected chi connectivity index (χ3v) is 6.44. The Kier molecular flexibility index (Phi) is 6.08. The predicted octanol–water partition coefficient (Wildman–Crippen LogP) is 3.92. The lowest BCUT2D eigenvalue weighted by Crippen LogP contribution is -2.45. The zero-order chi connectivity index (χ0) is 20.1. The number of nitro benzene ring substituents is 1. The number of nitrogens with one attached hydrogen (secondary N) is 2. The number of non-ortho nitro benzene ring substituents is 1. The maximum atomic E-state index is 12.4. The number of carbonyl (C=O) groups excluding carboxylic acids is 2.